The van der Waals surface area contributed by atoms with Gasteiger partial charge in [0.2, 0.25) is 8.03 Å². The molecule has 0 bridgehead atoms. The second-order valence-electron chi connectivity index (χ2n) is 6.19. The lowest BCUT2D eigenvalue weighted by Crippen LogP contribution is -2.25. The molecule has 2 aromatic carbocycles. The molecule has 0 saturated carbocycles. The summed E-state index contributed by atoms with van der Waals surface area (Å²) in [6, 6.07) is 13.1. The first-order valence-corrected chi connectivity index (χ1v) is 9.63. The van der Waals surface area contributed by atoms with Crippen molar-refractivity contribution < 1.29 is 13.9 Å². The van der Waals surface area contributed by atoms with E-state index in [0.29, 0.717) is 17.3 Å². The van der Waals surface area contributed by atoms with E-state index in [1.54, 1.807) is 12.1 Å². The van der Waals surface area contributed by atoms with Gasteiger partial charge in [0.1, 0.15) is 6.10 Å². The molecule has 0 spiro atoms. The van der Waals surface area contributed by atoms with Crippen LogP contribution in [0.2, 0.25) is 0 Å². The van der Waals surface area contributed by atoms with Gasteiger partial charge in [-0.2, -0.15) is 0 Å². The molecule has 0 amide bonds. The van der Waals surface area contributed by atoms with Crippen molar-refractivity contribution in [1.29, 1.82) is 0 Å². The second-order valence-corrected chi connectivity index (χ2v) is 7.57. The van der Waals surface area contributed by atoms with E-state index in [1.165, 1.54) is 0 Å². The number of Topliss-reactive ketones (excluding diaryl/α,β-unsaturated/α-hetero) is 1. The molecule has 2 aromatic rings. The van der Waals surface area contributed by atoms with Crippen LogP contribution in [0.3, 0.4) is 0 Å². The number of carbonyl (C=O) groups excluding carboxylic acids is 1. The highest BCUT2D eigenvalue weighted by Gasteiger charge is 2.25. The Balaban J connectivity index is 2.27. The fraction of sp³-hybridized carbons (Fsp3) is 0.350. The summed E-state index contributed by atoms with van der Waals surface area (Å²) in [6.45, 7) is 7.90. The topological polar surface area (TPSA) is 43.4 Å². The minimum absolute atomic E-state index is 0.0684. The smallest absolute Gasteiger partial charge is 0.221 e. The first kappa shape index (κ1) is 18.6. The zero-order valence-electron chi connectivity index (χ0n) is 14.8. The zero-order chi connectivity index (χ0) is 17.7. The highest BCUT2D eigenvalue weighted by Crippen LogP contribution is 2.29. The Bertz CT molecular complexity index is 715. The average Bonchev–Trinajstić information content (AvgIpc) is 2.54. The molecule has 0 N–H and O–H groups in total. The lowest BCUT2D eigenvalue weighted by atomic mass is 9.93. The highest BCUT2D eigenvalue weighted by molar-refractivity contribution is 7.48. The molecule has 2 rings (SSSR count). The van der Waals surface area contributed by atoms with Gasteiger partial charge in [-0.15, -0.1) is 0 Å². The van der Waals surface area contributed by atoms with E-state index in [9.17, 15) is 9.36 Å². The summed E-state index contributed by atoms with van der Waals surface area (Å²) < 4.78 is 18.2. The molecule has 2 unspecified atom stereocenters. The van der Waals surface area contributed by atoms with Crippen molar-refractivity contribution in [2.75, 3.05) is 0 Å². The predicted molar refractivity (Wildman–Crippen MR) is 99.8 cm³/mol. The van der Waals surface area contributed by atoms with E-state index in [-0.39, 0.29) is 5.78 Å². The fourth-order valence-electron chi connectivity index (χ4n) is 3.01. The van der Waals surface area contributed by atoms with Gasteiger partial charge in [0.05, 0.1) is 0 Å². The van der Waals surface area contributed by atoms with Gasteiger partial charge >= 0.3 is 0 Å². The molecule has 0 aliphatic rings. The van der Waals surface area contributed by atoms with Gasteiger partial charge in [-0.1, -0.05) is 49.2 Å². The lowest BCUT2D eigenvalue weighted by molar-refractivity contribution is 0.0792. The Morgan fingerprint density at radius 1 is 1.08 bits per heavy atom. The van der Waals surface area contributed by atoms with E-state index in [0.717, 1.165) is 23.1 Å². The van der Waals surface area contributed by atoms with E-state index >= 15 is 0 Å². The van der Waals surface area contributed by atoms with Crippen LogP contribution in [0.5, 0.6) is 0 Å². The van der Waals surface area contributed by atoms with Crippen LogP contribution in [0, 0.1) is 20.8 Å². The van der Waals surface area contributed by atoms with Crippen LogP contribution in [0.4, 0.5) is 0 Å². The van der Waals surface area contributed by atoms with Crippen LogP contribution in [0.25, 0.3) is 0 Å². The molecule has 0 saturated heterocycles. The molecule has 0 aliphatic carbocycles. The second kappa shape index (κ2) is 8.41. The number of carbonyl (C=O) groups is 1. The van der Waals surface area contributed by atoms with E-state index in [1.807, 2.05) is 58.0 Å². The number of hydrogen-bond acceptors (Lipinski definition) is 3. The predicted octanol–water partition coefficient (Wildman–Crippen LogP) is 4.78. The maximum absolute atomic E-state index is 13.0. The summed E-state index contributed by atoms with van der Waals surface area (Å²) in [4.78, 5) is 13.0. The number of benzene rings is 2. The quantitative estimate of drug-likeness (QED) is 0.536. The van der Waals surface area contributed by atoms with E-state index in [2.05, 4.69) is 0 Å². The minimum Gasteiger partial charge on any atom is -0.316 e. The molecule has 24 heavy (non-hydrogen) atoms. The van der Waals surface area contributed by atoms with Crippen molar-refractivity contribution in [3.05, 3.63) is 64.7 Å². The summed E-state index contributed by atoms with van der Waals surface area (Å²) >= 11 is 0. The Kier molecular flexibility index (Phi) is 6.53. The molecular formula is C20H25O3P. The van der Waals surface area contributed by atoms with Gasteiger partial charge in [0.15, 0.2) is 5.78 Å². The lowest BCUT2D eigenvalue weighted by Gasteiger charge is -2.19. The minimum atomic E-state index is -2.44. The van der Waals surface area contributed by atoms with Crippen LogP contribution in [0.1, 0.15) is 46.8 Å². The Morgan fingerprint density at radius 3 is 2.21 bits per heavy atom. The number of ketones is 1. The van der Waals surface area contributed by atoms with Crippen molar-refractivity contribution in [1.82, 2.24) is 0 Å². The summed E-state index contributed by atoms with van der Waals surface area (Å²) in [5.41, 5.74) is 3.72. The van der Waals surface area contributed by atoms with Gasteiger partial charge < -0.3 is 4.52 Å². The molecule has 0 fully saturated rings. The largest absolute Gasteiger partial charge is 0.316 e. The third kappa shape index (κ3) is 4.43. The molecule has 2 atom stereocenters. The summed E-state index contributed by atoms with van der Waals surface area (Å²) in [7, 11) is -2.44. The molecule has 0 radical (unpaired) electrons. The average molecular weight is 344 g/mol. The summed E-state index contributed by atoms with van der Waals surface area (Å²) in [5, 5.41) is 0.647. The van der Waals surface area contributed by atoms with Crippen LogP contribution < -0.4 is 5.30 Å². The summed E-state index contributed by atoms with van der Waals surface area (Å²) in [5.74, 6) is -0.0684. The molecular weight excluding hydrogens is 319 g/mol. The van der Waals surface area contributed by atoms with Crippen molar-refractivity contribution in [2.24, 2.45) is 0 Å². The first-order chi connectivity index (χ1) is 11.4. The van der Waals surface area contributed by atoms with Gasteiger partial charge in [-0.3, -0.25) is 9.36 Å². The highest BCUT2D eigenvalue weighted by atomic mass is 31.1. The SMILES string of the molecule is CCCC(O[PH](=O)c1ccccc1)C(=O)c1c(C)cc(C)cc1C. The zero-order valence-corrected chi connectivity index (χ0v) is 15.8. The third-order valence-electron chi connectivity index (χ3n) is 4.03. The van der Waals surface area contributed by atoms with Crippen LogP contribution >= 0.6 is 8.03 Å². The monoisotopic (exact) mass is 344 g/mol. The van der Waals surface area contributed by atoms with Crippen molar-refractivity contribution >= 4 is 19.1 Å². The standard InChI is InChI=1S/C20H25O3P/c1-5-9-18(23-24(22)17-10-7-6-8-11-17)20(21)19-15(3)12-14(2)13-16(19)4/h6-8,10-13,18,24H,5,9H2,1-4H3. The van der Waals surface area contributed by atoms with Crippen LogP contribution in [-0.2, 0) is 9.09 Å². The van der Waals surface area contributed by atoms with Crippen molar-refractivity contribution in [3.63, 3.8) is 0 Å². The molecule has 4 heteroatoms. The van der Waals surface area contributed by atoms with Crippen LogP contribution in [0.15, 0.2) is 42.5 Å². The number of rotatable bonds is 7. The van der Waals surface area contributed by atoms with E-state index < -0.39 is 14.1 Å². The summed E-state index contributed by atoms with van der Waals surface area (Å²) in [6.07, 6.45) is 0.695. The molecule has 0 aromatic heterocycles. The van der Waals surface area contributed by atoms with Gasteiger partial charge in [0, 0.05) is 10.9 Å². The van der Waals surface area contributed by atoms with Gasteiger partial charge in [-0.05, 0) is 50.5 Å². The Labute approximate surface area is 144 Å². The van der Waals surface area contributed by atoms with Gasteiger partial charge in [0.25, 0.3) is 0 Å². The van der Waals surface area contributed by atoms with E-state index in [4.69, 9.17) is 4.52 Å². The first-order valence-electron chi connectivity index (χ1n) is 8.32. The molecule has 3 nitrogen and oxygen atoms in total. The van der Waals surface area contributed by atoms with Gasteiger partial charge in [-0.25, -0.2) is 0 Å². The Hall–Kier alpha value is -1.70. The Morgan fingerprint density at radius 2 is 1.67 bits per heavy atom. The maximum atomic E-state index is 13.0. The maximum Gasteiger partial charge on any atom is 0.221 e. The molecule has 0 aliphatic heterocycles. The number of aryl methyl sites for hydroxylation is 3. The normalized spacial score (nSPS) is 13.5. The van der Waals surface area contributed by atoms with Crippen molar-refractivity contribution in [3.8, 4) is 0 Å². The van der Waals surface area contributed by atoms with Crippen molar-refractivity contribution in [2.45, 2.75) is 46.6 Å². The number of hydrogen-bond donors (Lipinski definition) is 0. The molecule has 0 heterocycles. The van der Waals surface area contributed by atoms with Crippen LogP contribution in [-0.4, -0.2) is 11.9 Å². The fourth-order valence-corrected chi connectivity index (χ4v) is 4.09. The third-order valence-corrected chi connectivity index (χ3v) is 5.33. The molecule has 128 valence electrons.